The Morgan fingerprint density at radius 3 is 2.37 bits per heavy atom. The number of hydrogen-bond donors (Lipinski definition) is 2. The molecule has 1 amide bonds. The summed E-state index contributed by atoms with van der Waals surface area (Å²) in [5, 5.41) is 6.27. The van der Waals surface area contributed by atoms with E-state index in [9.17, 15) is 9.18 Å². The third kappa shape index (κ3) is 5.87. The molecule has 5 nitrogen and oxygen atoms in total. The van der Waals surface area contributed by atoms with E-state index in [0.717, 1.165) is 16.8 Å². The summed E-state index contributed by atoms with van der Waals surface area (Å²) in [5.41, 5.74) is 3.42. The van der Waals surface area contributed by atoms with E-state index in [1.54, 1.807) is 24.3 Å². The van der Waals surface area contributed by atoms with Crippen molar-refractivity contribution in [3.8, 4) is 11.5 Å². The topological polar surface area (TPSA) is 59.6 Å². The fourth-order valence-corrected chi connectivity index (χ4v) is 3.05. The molecule has 3 rings (SSSR count). The van der Waals surface area contributed by atoms with E-state index in [1.165, 1.54) is 19.2 Å². The highest BCUT2D eigenvalue weighted by Gasteiger charge is 2.14. The first-order valence-electron chi connectivity index (χ1n) is 9.30. The van der Waals surface area contributed by atoms with Gasteiger partial charge in [0.2, 0.25) is 0 Å². The van der Waals surface area contributed by atoms with Crippen molar-refractivity contribution in [1.29, 1.82) is 0 Å². The first kappa shape index (κ1) is 21.5. The molecular formula is C23H22ClFN2O3. The predicted octanol–water partition coefficient (Wildman–Crippen LogP) is 5.43. The highest BCUT2D eigenvalue weighted by molar-refractivity contribution is 6.32. The molecule has 0 atom stereocenters. The standard InChI is InChI=1S/C23H22ClFN2O3/c1-15-3-7-19(8-4-15)27-22(28)14-30-23-20(24)11-16(12-21(23)29-2)13-26-18-9-5-17(25)6-10-18/h3-12,26H,13-14H2,1-2H3,(H,27,28). The molecule has 0 aliphatic carbocycles. The van der Waals surface area contributed by atoms with Crippen LogP contribution in [0.25, 0.3) is 0 Å². The van der Waals surface area contributed by atoms with Crippen LogP contribution in [0, 0.1) is 12.7 Å². The maximum absolute atomic E-state index is 13.0. The number of hydrogen-bond acceptors (Lipinski definition) is 4. The maximum atomic E-state index is 13.0. The molecule has 0 aromatic heterocycles. The highest BCUT2D eigenvalue weighted by Crippen LogP contribution is 2.36. The molecule has 3 aromatic carbocycles. The number of halogens is 2. The normalized spacial score (nSPS) is 10.4. The molecule has 0 spiro atoms. The summed E-state index contributed by atoms with van der Waals surface area (Å²) in [6.07, 6.45) is 0. The number of benzene rings is 3. The van der Waals surface area contributed by atoms with Crippen molar-refractivity contribution in [3.63, 3.8) is 0 Å². The molecule has 7 heteroatoms. The van der Waals surface area contributed by atoms with E-state index in [1.807, 2.05) is 31.2 Å². The molecule has 0 heterocycles. The van der Waals surface area contributed by atoms with Crippen molar-refractivity contribution < 1.29 is 18.7 Å². The molecule has 2 N–H and O–H groups in total. The average molecular weight is 429 g/mol. The van der Waals surface area contributed by atoms with E-state index >= 15 is 0 Å². The van der Waals surface area contributed by atoms with Crippen molar-refractivity contribution in [3.05, 3.63) is 82.6 Å². The smallest absolute Gasteiger partial charge is 0.262 e. The molecule has 0 saturated heterocycles. The summed E-state index contributed by atoms with van der Waals surface area (Å²) in [7, 11) is 1.50. The molecule has 0 fully saturated rings. The van der Waals surface area contributed by atoms with Gasteiger partial charge in [-0.25, -0.2) is 4.39 Å². The number of anilines is 2. The van der Waals surface area contributed by atoms with Crippen LogP contribution in [0.1, 0.15) is 11.1 Å². The zero-order chi connectivity index (χ0) is 21.5. The number of nitrogens with one attached hydrogen (secondary N) is 2. The Balaban J connectivity index is 1.62. The Bertz CT molecular complexity index is 1010. The fraction of sp³-hybridized carbons (Fsp3) is 0.174. The Kier molecular flexibility index (Phi) is 7.14. The lowest BCUT2D eigenvalue weighted by atomic mass is 10.2. The predicted molar refractivity (Wildman–Crippen MR) is 117 cm³/mol. The van der Waals surface area contributed by atoms with Gasteiger partial charge in [0.15, 0.2) is 18.1 Å². The van der Waals surface area contributed by atoms with Gasteiger partial charge in [-0.05, 0) is 61.0 Å². The summed E-state index contributed by atoms with van der Waals surface area (Å²) in [4.78, 5) is 12.2. The van der Waals surface area contributed by atoms with Gasteiger partial charge in [0.05, 0.1) is 12.1 Å². The van der Waals surface area contributed by atoms with Gasteiger partial charge in [0.1, 0.15) is 5.82 Å². The molecule has 0 radical (unpaired) electrons. The summed E-state index contributed by atoms with van der Waals surface area (Å²) < 4.78 is 24.0. The van der Waals surface area contributed by atoms with Gasteiger partial charge in [-0.15, -0.1) is 0 Å². The van der Waals surface area contributed by atoms with E-state index in [0.29, 0.717) is 28.8 Å². The summed E-state index contributed by atoms with van der Waals surface area (Å²) in [6.45, 7) is 2.22. The van der Waals surface area contributed by atoms with Crippen LogP contribution < -0.4 is 20.1 Å². The van der Waals surface area contributed by atoms with Crippen molar-refractivity contribution in [1.82, 2.24) is 0 Å². The highest BCUT2D eigenvalue weighted by atomic mass is 35.5. The fourth-order valence-electron chi connectivity index (χ4n) is 2.76. The minimum Gasteiger partial charge on any atom is -0.493 e. The quantitative estimate of drug-likeness (QED) is 0.502. The minimum absolute atomic E-state index is 0.211. The van der Waals surface area contributed by atoms with E-state index < -0.39 is 0 Å². The lowest BCUT2D eigenvalue weighted by Gasteiger charge is -2.15. The van der Waals surface area contributed by atoms with Gasteiger partial charge in [-0.2, -0.15) is 0 Å². The molecule has 0 unspecified atom stereocenters. The first-order valence-corrected chi connectivity index (χ1v) is 9.67. The summed E-state index contributed by atoms with van der Waals surface area (Å²) in [5.74, 6) is 0.113. The second kappa shape index (κ2) is 9.98. The lowest BCUT2D eigenvalue weighted by molar-refractivity contribution is -0.118. The Labute approximate surface area is 179 Å². The van der Waals surface area contributed by atoms with E-state index in [-0.39, 0.29) is 18.3 Å². The van der Waals surface area contributed by atoms with Crippen molar-refractivity contribution in [2.75, 3.05) is 24.4 Å². The third-order valence-electron chi connectivity index (χ3n) is 4.31. The molecule has 0 aliphatic rings. The van der Waals surface area contributed by atoms with Crippen molar-refractivity contribution >= 4 is 28.9 Å². The summed E-state index contributed by atoms with van der Waals surface area (Å²) in [6, 6.07) is 17.0. The first-order chi connectivity index (χ1) is 14.4. The molecule has 0 saturated carbocycles. The zero-order valence-electron chi connectivity index (χ0n) is 16.7. The van der Waals surface area contributed by atoms with Crippen LogP contribution in [0.5, 0.6) is 11.5 Å². The van der Waals surface area contributed by atoms with Gasteiger partial charge in [0, 0.05) is 17.9 Å². The van der Waals surface area contributed by atoms with Crippen LogP contribution in [0.3, 0.4) is 0 Å². The van der Waals surface area contributed by atoms with Crippen molar-refractivity contribution in [2.45, 2.75) is 13.5 Å². The third-order valence-corrected chi connectivity index (χ3v) is 4.59. The van der Waals surface area contributed by atoms with Crippen LogP contribution in [0.4, 0.5) is 15.8 Å². The number of amides is 1. The lowest BCUT2D eigenvalue weighted by Crippen LogP contribution is -2.20. The number of ether oxygens (including phenoxy) is 2. The summed E-state index contributed by atoms with van der Waals surface area (Å²) >= 11 is 6.36. The number of methoxy groups -OCH3 is 1. The van der Waals surface area contributed by atoms with Crippen LogP contribution in [-0.4, -0.2) is 19.6 Å². The number of carbonyl (C=O) groups is 1. The van der Waals surface area contributed by atoms with E-state index in [2.05, 4.69) is 10.6 Å². The number of carbonyl (C=O) groups excluding carboxylic acids is 1. The Hall–Kier alpha value is -3.25. The van der Waals surface area contributed by atoms with Gasteiger partial charge in [-0.1, -0.05) is 29.3 Å². The molecule has 30 heavy (non-hydrogen) atoms. The Morgan fingerprint density at radius 1 is 1.03 bits per heavy atom. The second-order valence-corrected chi connectivity index (χ2v) is 7.08. The number of aryl methyl sites for hydroxylation is 1. The molecule has 0 aliphatic heterocycles. The molecule has 3 aromatic rings. The van der Waals surface area contributed by atoms with Crippen LogP contribution in [0.15, 0.2) is 60.7 Å². The van der Waals surface area contributed by atoms with Crippen LogP contribution in [-0.2, 0) is 11.3 Å². The largest absolute Gasteiger partial charge is 0.493 e. The molecule has 0 bridgehead atoms. The average Bonchev–Trinajstić information content (AvgIpc) is 2.74. The monoisotopic (exact) mass is 428 g/mol. The molecular weight excluding hydrogens is 407 g/mol. The van der Waals surface area contributed by atoms with Gasteiger partial charge >= 0.3 is 0 Å². The van der Waals surface area contributed by atoms with Gasteiger partial charge < -0.3 is 20.1 Å². The van der Waals surface area contributed by atoms with Crippen molar-refractivity contribution in [2.24, 2.45) is 0 Å². The minimum atomic E-state index is -0.306. The van der Waals surface area contributed by atoms with E-state index in [4.69, 9.17) is 21.1 Å². The SMILES string of the molecule is COc1cc(CNc2ccc(F)cc2)cc(Cl)c1OCC(=O)Nc1ccc(C)cc1. The van der Waals surface area contributed by atoms with Crippen LogP contribution >= 0.6 is 11.6 Å². The zero-order valence-corrected chi connectivity index (χ0v) is 17.4. The van der Waals surface area contributed by atoms with Crippen LogP contribution in [0.2, 0.25) is 5.02 Å². The molecule has 156 valence electrons. The van der Waals surface area contributed by atoms with Gasteiger partial charge in [-0.3, -0.25) is 4.79 Å². The van der Waals surface area contributed by atoms with Gasteiger partial charge in [0.25, 0.3) is 5.91 Å². The maximum Gasteiger partial charge on any atom is 0.262 e. The Morgan fingerprint density at radius 2 is 1.70 bits per heavy atom. The number of rotatable bonds is 8. The second-order valence-electron chi connectivity index (χ2n) is 6.67.